The number of carbonyl (C=O) groups is 1. The maximum Gasteiger partial charge on any atom is 0.354 e. The van der Waals surface area contributed by atoms with Gasteiger partial charge in [-0.3, -0.25) is 0 Å². The Morgan fingerprint density at radius 1 is 1.29 bits per heavy atom. The van der Waals surface area contributed by atoms with E-state index in [4.69, 9.17) is 14.6 Å². The number of hydrogen-bond acceptors (Lipinski definition) is 5. The van der Waals surface area contributed by atoms with E-state index in [1.54, 1.807) is 11.8 Å². The van der Waals surface area contributed by atoms with E-state index in [0.717, 1.165) is 44.2 Å². The summed E-state index contributed by atoms with van der Waals surface area (Å²) in [7, 11) is -1.90. The molecule has 2 atom stereocenters. The lowest BCUT2D eigenvalue weighted by Gasteiger charge is -2.15. The Hall–Kier alpha value is -2.43. The topological polar surface area (TPSA) is 121 Å². The smallest absolute Gasteiger partial charge is 0.354 e. The van der Waals surface area contributed by atoms with E-state index in [9.17, 15) is 9.00 Å². The van der Waals surface area contributed by atoms with Gasteiger partial charge in [-0.2, -0.15) is 5.10 Å². The van der Waals surface area contributed by atoms with Crippen LogP contribution >= 0.6 is 0 Å². The summed E-state index contributed by atoms with van der Waals surface area (Å²) in [4.78, 5) is 13.0. The van der Waals surface area contributed by atoms with Crippen molar-refractivity contribution in [1.29, 1.82) is 0 Å². The fraction of sp³-hybridized carbons (Fsp3) is 0.524. The van der Waals surface area contributed by atoms with Crippen LogP contribution in [-0.2, 0) is 46.9 Å². The molecule has 2 amide bonds. The highest BCUT2D eigenvalue weighted by Crippen LogP contribution is 2.38. The van der Waals surface area contributed by atoms with Crippen LogP contribution in [0.1, 0.15) is 41.5 Å². The zero-order valence-electron chi connectivity index (χ0n) is 17.6. The number of nitrogens with one attached hydrogen (secondary N) is 1. The zero-order chi connectivity index (χ0) is 21.6. The van der Waals surface area contributed by atoms with Crippen LogP contribution in [0.3, 0.4) is 0 Å². The van der Waals surface area contributed by atoms with Crippen LogP contribution < -0.4 is 15.2 Å². The van der Waals surface area contributed by atoms with Crippen LogP contribution in [-0.4, -0.2) is 39.8 Å². The molecule has 5 rings (SSSR count). The first-order valence-electron chi connectivity index (χ1n) is 10.7. The van der Waals surface area contributed by atoms with Gasteiger partial charge in [0.1, 0.15) is 4.90 Å². The number of rotatable bonds is 3. The number of benzene rings is 1. The minimum Gasteiger partial charge on any atom is -0.477 e. The molecule has 2 aliphatic carbocycles. The number of urea groups is 1. The van der Waals surface area contributed by atoms with Crippen molar-refractivity contribution >= 4 is 21.6 Å². The fourth-order valence-electron chi connectivity index (χ4n) is 4.87. The van der Waals surface area contributed by atoms with Gasteiger partial charge < -0.3 is 14.8 Å². The van der Waals surface area contributed by atoms with Crippen molar-refractivity contribution in [2.45, 2.75) is 62.5 Å². The lowest BCUT2D eigenvalue weighted by atomic mass is 9.99. The highest BCUT2D eigenvalue weighted by atomic mass is 32.2. The van der Waals surface area contributed by atoms with Gasteiger partial charge in [0.05, 0.1) is 25.5 Å². The number of amides is 2. The number of anilines is 1. The summed E-state index contributed by atoms with van der Waals surface area (Å²) >= 11 is 0. The quantitative estimate of drug-likeness (QED) is 0.752. The van der Waals surface area contributed by atoms with Crippen molar-refractivity contribution in [2.75, 3.05) is 19.0 Å². The second-order valence-electron chi connectivity index (χ2n) is 8.32. The van der Waals surface area contributed by atoms with Gasteiger partial charge in [-0.25, -0.2) is 18.8 Å². The molecule has 2 heterocycles. The molecule has 0 saturated heterocycles. The maximum absolute atomic E-state index is 13.2. The molecule has 31 heavy (non-hydrogen) atoms. The van der Waals surface area contributed by atoms with E-state index in [2.05, 4.69) is 20.8 Å². The van der Waals surface area contributed by atoms with E-state index in [0.29, 0.717) is 19.6 Å². The third-order valence-electron chi connectivity index (χ3n) is 6.39. The molecule has 10 heteroatoms. The molecule has 1 unspecified atom stereocenters. The normalized spacial score (nSPS) is 21.3. The third-order valence-corrected chi connectivity index (χ3v) is 7.73. The minimum atomic E-state index is -3.53. The summed E-state index contributed by atoms with van der Waals surface area (Å²) in [5, 5.41) is 13.2. The van der Waals surface area contributed by atoms with E-state index in [1.807, 2.05) is 0 Å². The van der Waals surface area contributed by atoms with Crippen molar-refractivity contribution in [3.63, 3.8) is 0 Å². The molecule has 2 aromatic rings. The Morgan fingerprint density at radius 3 is 2.68 bits per heavy atom. The Kier molecular flexibility index (Phi) is 5.23. The molecule has 1 aliphatic heterocycles. The van der Waals surface area contributed by atoms with Crippen molar-refractivity contribution in [3.05, 3.63) is 34.5 Å². The summed E-state index contributed by atoms with van der Waals surface area (Å²) in [5.74, 6) is 0.282. The lowest BCUT2D eigenvalue weighted by Crippen LogP contribution is -2.19. The number of aryl methyl sites for hydroxylation is 2. The molecule has 0 spiro atoms. The van der Waals surface area contributed by atoms with Crippen LogP contribution in [0.15, 0.2) is 21.5 Å². The van der Waals surface area contributed by atoms with Crippen LogP contribution in [0.4, 0.5) is 10.5 Å². The Morgan fingerprint density at radius 2 is 2.00 bits per heavy atom. The molecule has 0 fully saturated rings. The largest absolute Gasteiger partial charge is 0.477 e. The second kappa shape index (κ2) is 7.92. The average Bonchev–Trinajstić information content (AvgIpc) is 3.44. The van der Waals surface area contributed by atoms with Gasteiger partial charge in [0.15, 0.2) is 9.92 Å². The molecule has 166 valence electrons. The number of aromatic nitrogens is 2. The number of fused-ring (bicyclic) bond motifs is 3. The number of methoxy groups -OCH3 is 1. The summed E-state index contributed by atoms with van der Waals surface area (Å²) in [6.45, 7) is 0.830. The van der Waals surface area contributed by atoms with Crippen molar-refractivity contribution in [3.8, 4) is 5.88 Å². The standard InChI is InChI=1S/C21H27N5O4S/c1-29-15-8-9-30-20-18(11-23-26(20)12-15)31(22,28)25-21(27)24-19-16-6-2-4-13(16)10-14-5-3-7-17(14)19/h10-11,15H,2-9,12H2,1H3,(H3,22,24,25,27,28)/t15-,31?/m0/s1. The SMILES string of the molecule is CO[C@H]1CCOc2c(S(N)(=O)=NC(=O)Nc3c4c(cc5c3CCC5)CCC4)cnn2C1. The van der Waals surface area contributed by atoms with E-state index in [-0.39, 0.29) is 16.9 Å². The molecule has 3 aliphatic rings. The van der Waals surface area contributed by atoms with Crippen LogP contribution in [0.5, 0.6) is 5.88 Å². The van der Waals surface area contributed by atoms with Gasteiger partial charge in [0.25, 0.3) is 0 Å². The van der Waals surface area contributed by atoms with Gasteiger partial charge in [-0.15, -0.1) is 4.36 Å². The lowest BCUT2D eigenvalue weighted by molar-refractivity contribution is 0.0775. The van der Waals surface area contributed by atoms with Crippen molar-refractivity contribution < 1.29 is 18.5 Å². The van der Waals surface area contributed by atoms with Gasteiger partial charge in [-0.1, -0.05) is 6.07 Å². The zero-order valence-corrected chi connectivity index (χ0v) is 18.4. The molecule has 0 bridgehead atoms. The average molecular weight is 446 g/mol. The van der Waals surface area contributed by atoms with Gasteiger partial charge in [0.2, 0.25) is 5.88 Å². The number of nitrogens with two attached hydrogens (primary N) is 1. The van der Waals surface area contributed by atoms with Crippen LogP contribution in [0.25, 0.3) is 0 Å². The Balaban J connectivity index is 1.45. The van der Waals surface area contributed by atoms with E-state index >= 15 is 0 Å². The summed E-state index contributed by atoms with van der Waals surface area (Å²) in [6, 6.07) is 1.58. The first kappa shape index (κ1) is 20.5. The number of hydrogen-bond donors (Lipinski definition) is 2. The third kappa shape index (κ3) is 3.72. The van der Waals surface area contributed by atoms with Gasteiger partial charge >= 0.3 is 6.03 Å². The molecule has 1 aromatic heterocycles. The van der Waals surface area contributed by atoms with E-state index in [1.165, 1.54) is 28.5 Å². The van der Waals surface area contributed by atoms with Crippen LogP contribution in [0, 0.1) is 0 Å². The van der Waals surface area contributed by atoms with Gasteiger partial charge in [-0.05, 0) is 60.8 Å². The number of nitrogens with zero attached hydrogens (tertiary/aromatic N) is 3. The molecule has 3 N–H and O–H groups in total. The predicted octanol–water partition coefficient (Wildman–Crippen LogP) is 2.59. The van der Waals surface area contributed by atoms with E-state index < -0.39 is 15.9 Å². The molecule has 1 aromatic carbocycles. The van der Waals surface area contributed by atoms with Gasteiger partial charge in [0, 0.05) is 19.2 Å². The predicted molar refractivity (Wildman–Crippen MR) is 116 cm³/mol. The molecule has 0 radical (unpaired) electrons. The fourth-order valence-corrected chi connectivity index (χ4v) is 5.87. The van der Waals surface area contributed by atoms with Crippen molar-refractivity contribution in [2.24, 2.45) is 9.50 Å². The highest BCUT2D eigenvalue weighted by molar-refractivity contribution is 7.91. The first-order valence-corrected chi connectivity index (χ1v) is 12.3. The molecular formula is C21H27N5O4S. The van der Waals surface area contributed by atoms with Crippen LogP contribution in [0.2, 0.25) is 0 Å². The number of ether oxygens (including phenoxy) is 2. The summed E-state index contributed by atoms with van der Waals surface area (Å²) in [5.41, 5.74) is 5.81. The molecular weight excluding hydrogens is 418 g/mol. The Labute approximate surface area is 181 Å². The summed E-state index contributed by atoms with van der Waals surface area (Å²) in [6.07, 6.45) is 8.05. The second-order valence-corrected chi connectivity index (χ2v) is 10.1. The summed E-state index contributed by atoms with van der Waals surface area (Å²) < 4.78 is 29.8. The minimum absolute atomic E-state index is 0.0645. The highest BCUT2D eigenvalue weighted by Gasteiger charge is 2.28. The Bertz CT molecular complexity index is 1130. The van der Waals surface area contributed by atoms with Crippen molar-refractivity contribution in [1.82, 2.24) is 9.78 Å². The number of carbonyl (C=O) groups excluding carboxylic acids is 1. The maximum atomic E-state index is 13.2. The monoisotopic (exact) mass is 445 g/mol. The molecule has 9 nitrogen and oxygen atoms in total. The molecule has 0 saturated carbocycles. The first-order chi connectivity index (χ1) is 15.0.